The zero-order valence-corrected chi connectivity index (χ0v) is 10.6. The number of carbonyl (C=O) groups is 1. The number of carbonyl (C=O) groups excluding carboxylic acids is 1. The number of aryl methyl sites for hydroxylation is 1. The molecule has 2 aromatic rings. The van der Waals surface area contributed by atoms with Gasteiger partial charge in [-0.05, 0) is 28.5 Å². The first-order chi connectivity index (χ1) is 7.66. The minimum atomic E-state index is 0.0769. The van der Waals surface area contributed by atoms with E-state index in [0.29, 0.717) is 18.7 Å². The molecule has 84 valence electrons. The molecule has 0 aliphatic carbocycles. The number of halogens is 1. The van der Waals surface area contributed by atoms with Crippen LogP contribution in [0.15, 0.2) is 28.7 Å². The first kappa shape index (κ1) is 11.4. The Morgan fingerprint density at radius 2 is 2.12 bits per heavy atom. The summed E-state index contributed by atoms with van der Waals surface area (Å²) >= 11 is 3.49. The standard InChI is InChI=1S/C12H13BrN2O/c1-15-9-5-3-2-4-8(9)11(13)12(15)10(16)6-7-14/h2-5H,6-7,14H2,1H3. The lowest BCUT2D eigenvalue weighted by molar-refractivity contribution is 0.0977. The number of hydrogen-bond acceptors (Lipinski definition) is 2. The monoisotopic (exact) mass is 280 g/mol. The molecule has 0 atom stereocenters. The van der Waals surface area contributed by atoms with E-state index in [1.54, 1.807) is 0 Å². The molecule has 0 saturated heterocycles. The van der Waals surface area contributed by atoms with Crippen LogP contribution in [0.5, 0.6) is 0 Å². The van der Waals surface area contributed by atoms with Crippen molar-refractivity contribution in [1.82, 2.24) is 4.57 Å². The quantitative estimate of drug-likeness (QED) is 0.878. The van der Waals surface area contributed by atoms with Crippen LogP contribution < -0.4 is 5.73 Å². The molecular weight excluding hydrogens is 268 g/mol. The zero-order valence-electron chi connectivity index (χ0n) is 9.03. The van der Waals surface area contributed by atoms with Gasteiger partial charge < -0.3 is 10.3 Å². The fraction of sp³-hybridized carbons (Fsp3) is 0.250. The normalized spacial score (nSPS) is 10.9. The summed E-state index contributed by atoms with van der Waals surface area (Å²) in [5, 5.41) is 1.06. The number of nitrogens with two attached hydrogens (primary N) is 1. The van der Waals surface area contributed by atoms with Gasteiger partial charge in [0, 0.05) is 24.4 Å². The van der Waals surface area contributed by atoms with Crippen molar-refractivity contribution in [2.24, 2.45) is 12.8 Å². The van der Waals surface area contributed by atoms with Crippen LogP contribution in [-0.2, 0) is 7.05 Å². The van der Waals surface area contributed by atoms with Crippen molar-refractivity contribution in [1.29, 1.82) is 0 Å². The number of hydrogen-bond donors (Lipinski definition) is 1. The average Bonchev–Trinajstić information content (AvgIpc) is 2.53. The lowest BCUT2D eigenvalue weighted by Gasteiger charge is -2.02. The molecule has 1 aromatic carbocycles. The second kappa shape index (κ2) is 4.39. The van der Waals surface area contributed by atoms with Gasteiger partial charge in [0.15, 0.2) is 5.78 Å². The van der Waals surface area contributed by atoms with E-state index in [4.69, 9.17) is 5.73 Å². The highest BCUT2D eigenvalue weighted by molar-refractivity contribution is 9.10. The SMILES string of the molecule is Cn1c(C(=O)CCN)c(Br)c2ccccc21. The zero-order chi connectivity index (χ0) is 11.7. The highest BCUT2D eigenvalue weighted by Gasteiger charge is 2.17. The third kappa shape index (κ3) is 1.68. The van der Waals surface area contributed by atoms with Crippen LogP contribution in [0, 0.1) is 0 Å². The molecule has 0 saturated carbocycles. The highest BCUT2D eigenvalue weighted by atomic mass is 79.9. The summed E-state index contributed by atoms with van der Waals surface area (Å²) in [6.07, 6.45) is 0.378. The lowest BCUT2D eigenvalue weighted by atomic mass is 10.2. The molecule has 0 amide bonds. The molecule has 0 aliphatic heterocycles. The summed E-state index contributed by atoms with van der Waals surface area (Å²) in [4.78, 5) is 11.9. The summed E-state index contributed by atoms with van der Waals surface area (Å²) in [6, 6.07) is 7.92. The Labute approximate surface area is 102 Å². The Hall–Kier alpha value is -1.13. The number of rotatable bonds is 3. The molecule has 3 nitrogen and oxygen atoms in total. The first-order valence-electron chi connectivity index (χ1n) is 5.13. The molecule has 0 aliphatic rings. The molecule has 0 fully saturated rings. The first-order valence-corrected chi connectivity index (χ1v) is 5.92. The van der Waals surface area contributed by atoms with Gasteiger partial charge in [0.1, 0.15) is 0 Å². The van der Waals surface area contributed by atoms with Gasteiger partial charge in [-0.1, -0.05) is 18.2 Å². The maximum atomic E-state index is 11.9. The number of aromatic nitrogens is 1. The van der Waals surface area contributed by atoms with Gasteiger partial charge in [-0.25, -0.2) is 0 Å². The van der Waals surface area contributed by atoms with Crippen molar-refractivity contribution in [3.05, 3.63) is 34.4 Å². The maximum absolute atomic E-state index is 11.9. The van der Waals surface area contributed by atoms with Crippen molar-refractivity contribution >= 4 is 32.6 Å². The van der Waals surface area contributed by atoms with Gasteiger partial charge in [-0.2, -0.15) is 0 Å². The van der Waals surface area contributed by atoms with Gasteiger partial charge in [-0.3, -0.25) is 4.79 Å². The minimum Gasteiger partial charge on any atom is -0.340 e. The van der Waals surface area contributed by atoms with Crippen LogP contribution in [0.1, 0.15) is 16.9 Å². The Morgan fingerprint density at radius 1 is 1.44 bits per heavy atom. The molecule has 0 bridgehead atoms. The fourth-order valence-corrected chi connectivity index (χ4v) is 2.73. The Balaban J connectivity index is 2.66. The van der Waals surface area contributed by atoms with E-state index in [2.05, 4.69) is 15.9 Å². The molecule has 16 heavy (non-hydrogen) atoms. The van der Waals surface area contributed by atoms with E-state index in [9.17, 15) is 4.79 Å². The summed E-state index contributed by atoms with van der Waals surface area (Å²) in [7, 11) is 1.90. The maximum Gasteiger partial charge on any atom is 0.181 e. The number of nitrogens with zero attached hydrogens (tertiary/aromatic N) is 1. The number of fused-ring (bicyclic) bond motifs is 1. The predicted molar refractivity (Wildman–Crippen MR) is 68.6 cm³/mol. The Kier molecular flexibility index (Phi) is 3.12. The number of ketones is 1. The van der Waals surface area contributed by atoms with E-state index in [0.717, 1.165) is 15.4 Å². The average molecular weight is 281 g/mol. The molecule has 0 spiro atoms. The molecule has 2 N–H and O–H groups in total. The van der Waals surface area contributed by atoms with Crippen molar-refractivity contribution in [2.45, 2.75) is 6.42 Å². The summed E-state index contributed by atoms with van der Waals surface area (Å²) < 4.78 is 2.78. The van der Waals surface area contributed by atoms with E-state index >= 15 is 0 Å². The minimum absolute atomic E-state index is 0.0769. The van der Waals surface area contributed by atoms with Crippen molar-refractivity contribution in [2.75, 3.05) is 6.54 Å². The van der Waals surface area contributed by atoms with Gasteiger partial charge in [0.2, 0.25) is 0 Å². The van der Waals surface area contributed by atoms with Crippen LogP contribution in [0.3, 0.4) is 0 Å². The van der Waals surface area contributed by atoms with E-state index in [-0.39, 0.29) is 5.78 Å². The molecule has 2 rings (SSSR count). The topological polar surface area (TPSA) is 48.0 Å². The molecular formula is C12H13BrN2O. The lowest BCUT2D eigenvalue weighted by Crippen LogP contribution is -2.11. The van der Waals surface area contributed by atoms with Crippen LogP contribution >= 0.6 is 15.9 Å². The highest BCUT2D eigenvalue weighted by Crippen LogP contribution is 2.30. The number of para-hydroxylation sites is 1. The largest absolute Gasteiger partial charge is 0.340 e. The van der Waals surface area contributed by atoms with E-state index in [1.807, 2.05) is 35.9 Å². The Bertz CT molecular complexity index is 506. The second-order valence-corrected chi connectivity index (χ2v) is 4.49. The number of benzene rings is 1. The van der Waals surface area contributed by atoms with Gasteiger partial charge >= 0.3 is 0 Å². The molecule has 0 unspecified atom stereocenters. The summed E-state index contributed by atoms with van der Waals surface area (Å²) in [5.41, 5.74) is 7.17. The van der Waals surface area contributed by atoms with Crippen molar-refractivity contribution in [3.8, 4) is 0 Å². The molecule has 0 radical (unpaired) electrons. The van der Waals surface area contributed by atoms with Gasteiger partial charge in [0.05, 0.1) is 10.2 Å². The smallest absolute Gasteiger partial charge is 0.181 e. The fourth-order valence-electron chi connectivity index (χ4n) is 1.91. The molecule has 1 heterocycles. The number of Topliss-reactive ketones (excluding diaryl/α,β-unsaturated/α-hetero) is 1. The van der Waals surface area contributed by atoms with Gasteiger partial charge in [0.25, 0.3) is 0 Å². The van der Waals surface area contributed by atoms with Crippen LogP contribution in [0.4, 0.5) is 0 Å². The summed E-state index contributed by atoms with van der Waals surface area (Å²) in [5.74, 6) is 0.0769. The summed E-state index contributed by atoms with van der Waals surface area (Å²) in [6.45, 7) is 0.382. The van der Waals surface area contributed by atoms with E-state index < -0.39 is 0 Å². The third-order valence-corrected chi connectivity index (χ3v) is 3.48. The van der Waals surface area contributed by atoms with Gasteiger partial charge in [-0.15, -0.1) is 0 Å². The third-order valence-electron chi connectivity index (χ3n) is 2.68. The molecule has 1 aromatic heterocycles. The predicted octanol–water partition coefficient (Wildman–Crippen LogP) is 2.47. The van der Waals surface area contributed by atoms with E-state index in [1.165, 1.54) is 0 Å². The second-order valence-electron chi connectivity index (χ2n) is 3.70. The van der Waals surface area contributed by atoms with Crippen LogP contribution in [0.25, 0.3) is 10.9 Å². The van der Waals surface area contributed by atoms with Crippen molar-refractivity contribution < 1.29 is 4.79 Å². The molecule has 4 heteroatoms. The van der Waals surface area contributed by atoms with Crippen LogP contribution in [-0.4, -0.2) is 16.9 Å². The van der Waals surface area contributed by atoms with Crippen LogP contribution in [0.2, 0.25) is 0 Å². The van der Waals surface area contributed by atoms with Crippen molar-refractivity contribution in [3.63, 3.8) is 0 Å². The Morgan fingerprint density at radius 3 is 2.75 bits per heavy atom.